The first-order chi connectivity index (χ1) is 7.13. The number of likely N-dealkylation sites (N-methyl/N-ethyl adjacent to an activating group) is 1. The lowest BCUT2D eigenvalue weighted by Crippen LogP contribution is -2.34. The molecular weight excluding hydrogens is 188 g/mol. The Hall–Kier alpha value is -1.06. The van der Waals surface area contributed by atoms with E-state index in [9.17, 15) is 0 Å². The molecular formula is C12H20N2O. The standard InChI is InChI=1S/C12H20N2O/c1-10(14(2)8-7-13)9-11-3-5-12(15)6-4-11/h3-6,10,15H,7-9,13H2,1-2H3. The van der Waals surface area contributed by atoms with Crippen LogP contribution in [0.25, 0.3) is 0 Å². The van der Waals surface area contributed by atoms with Crippen LogP contribution in [0.1, 0.15) is 12.5 Å². The molecule has 1 atom stereocenters. The number of hydrogen-bond donors (Lipinski definition) is 2. The third-order valence-electron chi connectivity index (χ3n) is 2.70. The summed E-state index contributed by atoms with van der Waals surface area (Å²) in [7, 11) is 2.08. The first-order valence-electron chi connectivity index (χ1n) is 5.31. The minimum absolute atomic E-state index is 0.321. The van der Waals surface area contributed by atoms with E-state index in [2.05, 4.69) is 18.9 Å². The van der Waals surface area contributed by atoms with Gasteiger partial charge in [-0.2, -0.15) is 0 Å². The van der Waals surface area contributed by atoms with Gasteiger partial charge in [0, 0.05) is 19.1 Å². The molecule has 0 aromatic heterocycles. The van der Waals surface area contributed by atoms with Gasteiger partial charge in [0.2, 0.25) is 0 Å². The van der Waals surface area contributed by atoms with E-state index in [-0.39, 0.29) is 0 Å². The largest absolute Gasteiger partial charge is 0.508 e. The average molecular weight is 208 g/mol. The minimum Gasteiger partial charge on any atom is -0.508 e. The predicted octanol–water partition coefficient (Wildman–Crippen LogP) is 1.21. The molecule has 0 radical (unpaired) electrons. The van der Waals surface area contributed by atoms with Gasteiger partial charge >= 0.3 is 0 Å². The molecule has 0 amide bonds. The Kier molecular flexibility index (Phi) is 4.59. The van der Waals surface area contributed by atoms with Crippen LogP contribution in [0.15, 0.2) is 24.3 Å². The van der Waals surface area contributed by atoms with Gasteiger partial charge in [-0.25, -0.2) is 0 Å². The van der Waals surface area contributed by atoms with Crippen molar-refractivity contribution in [3.05, 3.63) is 29.8 Å². The van der Waals surface area contributed by atoms with Crippen molar-refractivity contribution in [2.24, 2.45) is 5.73 Å². The van der Waals surface area contributed by atoms with Crippen LogP contribution in [-0.4, -0.2) is 36.2 Å². The van der Waals surface area contributed by atoms with Crippen molar-refractivity contribution in [1.82, 2.24) is 4.90 Å². The second kappa shape index (κ2) is 5.73. The average Bonchev–Trinajstić information content (AvgIpc) is 2.22. The molecule has 1 unspecified atom stereocenters. The van der Waals surface area contributed by atoms with E-state index in [1.807, 2.05) is 12.1 Å². The molecule has 1 aromatic carbocycles. The first-order valence-corrected chi connectivity index (χ1v) is 5.31. The number of nitrogens with two attached hydrogens (primary N) is 1. The highest BCUT2D eigenvalue weighted by Crippen LogP contribution is 2.12. The van der Waals surface area contributed by atoms with E-state index in [0.29, 0.717) is 18.3 Å². The van der Waals surface area contributed by atoms with Crippen LogP contribution in [0.3, 0.4) is 0 Å². The molecule has 15 heavy (non-hydrogen) atoms. The van der Waals surface area contributed by atoms with Crippen LogP contribution in [0.2, 0.25) is 0 Å². The molecule has 84 valence electrons. The fraction of sp³-hybridized carbons (Fsp3) is 0.500. The number of rotatable bonds is 5. The quantitative estimate of drug-likeness (QED) is 0.764. The third-order valence-corrected chi connectivity index (χ3v) is 2.70. The molecule has 0 saturated carbocycles. The minimum atomic E-state index is 0.321. The van der Waals surface area contributed by atoms with Gasteiger partial charge in [0.05, 0.1) is 0 Å². The number of aromatic hydroxyl groups is 1. The lowest BCUT2D eigenvalue weighted by atomic mass is 10.1. The van der Waals surface area contributed by atoms with E-state index in [1.165, 1.54) is 5.56 Å². The molecule has 0 aliphatic rings. The summed E-state index contributed by atoms with van der Waals surface area (Å²) in [4.78, 5) is 2.24. The normalized spacial score (nSPS) is 13.1. The van der Waals surface area contributed by atoms with E-state index in [1.54, 1.807) is 12.1 Å². The lowest BCUT2D eigenvalue weighted by molar-refractivity contribution is 0.263. The summed E-state index contributed by atoms with van der Waals surface area (Å²) in [6, 6.07) is 7.85. The number of benzene rings is 1. The van der Waals surface area contributed by atoms with Crippen molar-refractivity contribution >= 4 is 0 Å². The molecule has 0 aliphatic carbocycles. The molecule has 3 heteroatoms. The van der Waals surface area contributed by atoms with Crippen LogP contribution in [0, 0.1) is 0 Å². The third kappa shape index (κ3) is 3.90. The highest BCUT2D eigenvalue weighted by Gasteiger charge is 2.08. The van der Waals surface area contributed by atoms with Crippen molar-refractivity contribution in [2.75, 3.05) is 20.1 Å². The van der Waals surface area contributed by atoms with E-state index >= 15 is 0 Å². The Bertz CT molecular complexity index is 284. The molecule has 0 fully saturated rings. The second-order valence-corrected chi connectivity index (χ2v) is 3.99. The van der Waals surface area contributed by atoms with Gasteiger partial charge in [0.25, 0.3) is 0 Å². The topological polar surface area (TPSA) is 49.5 Å². The van der Waals surface area contributed by atoms with E-state index in [4.69, 9.17) is 10.8 Å². The lowest BCUT2D eigenvalue weighted by Gasteiger charge is -2.24. The molecule has 1 rings (SSSR count). The van der Waals surface area contributed by atoms with Crippen LogP contribution in [-0.2, 0) is 6.42 Å². The molecule has 0 saturated heterocycles. The maximum atomic E-state index is 9.16. The fourth-order valence-corrected chi connectivity index (χ4v) is 1.55. The SMILES string of the molecule is CC(Cc1ccc(O)cc1)N(C)CCN. The Morgan fingerprint density at radius 2 is 1.93 bits per heavy atom. The van der Waals surface area contributed by atoms with Gasteiger partial charge in [-0.05, 0) is 38.1 Å². The summed E-state index contributed by atoms with van der Waals surface area (Å²) in [6.45, 7) is 3.79. The Balaban J connectivity index is 2.50. The van der Waals surface area contributed by atoms with Crippen molar-refractivity contribution in [3.63, 3.8) is 0 Å². The molecule has 0 heterocycles. The summed E-state index contributed by atoms with van der Waals surface area (Å²) >= 11 is 0. The number of hydrogen-bond acceptors (Lipinski definition) is 3. The molecule has 3 nitrogen and oxygen atoms in total. The predicted molar refractivity (Wildman–Crippen MR) is 63.0 cm³/mol. The summed E-state index contributed by atoms with van der Waals surface area (Å²) in [5.41, 5.74) is 6.75. The molecule has 1 aromatic rings. The monoisotopic (exact) mass is 208 g/mol. The summed E-state index contributed by atoms with van der Waals surface area (Å²) in [6.07, 6.45) is 0.983. The zero-order valence-corrected chi connectivity index (χ0v) is 9.48. The highest BCUT2D eigenvalue weighted by atomic mass is 16.3. The van der Waals surface area contributed by atoms with E-state index in [0.717, 1.165) is 13.0 Å². The zero-order chi connectivity index (χ0) is 11.3. The Labute approximate surface area is 91.5 Å². The van der Waals surface area contributed by atoms with Crippen molar-refractivity contribution in [2.45, 2.75) is 19.4 Å². The Morgan fingerprint density at radius 1 is 1.33 bits per heavy atom. The maximum Gasteiger partial charge on any atom is 0.115 e. The number of phenols is 1. The number of nitrogens with zero attached hydrogens (tertiary/aromatic N) is 1. The van der Waals surface area contributed by atoms with Crippen LogP contribution in [0.5, 0.6) is 5.75 Å². The first kappa shape index (κ1) is 12.0. The fourth-order valence-electron chi connectivity index (χ4n) is 1.55. The second-order valence-electron chi connectivity index (χ2n) is 3.99. The smallest absolute Gasteiger partial charge is 0.115 e. The van der Waals surface area contributed by atoms with Gasteiger partial charge in [0.15, 0.2) is 0 Å². The van der Waals surface area contributed by atoms with Gasteiger partial charge in [0.1, 0.15) is 5.75 Å². The van der Waals surface area contributed by atoms with E-state index < -0.39 is 0 Å². The van der Waals surface area contributed by atoms with Crippen molar-refractivity contribution in [3.8, 4) is 5.75 Å². The van der Waals surface area contributed by atoms with Gasteiger partial charge in [-0.3, -0.25) is 0 Å². The number of phenolic OH excluding ortho intramolecular Hbond substituents is 1. The molecule has 0 bridgehead atoms. The summed E-state index contributed by atoms with van der Waals surface area (Å²) in [5, 5.41) is 9.16. The van der Waals surface area contributed by atoms with Gasteiger partial charge in [-0.15, -0.1) is 0 Å². The van der Waals surface area contributed by atoms with Crippen molar-refractivity contribution < 1.29 is 5.11 Å². The van der Waals surface area contributed by atoms with Crippen LogP contribution >= 0.6 is 0 Å². The maximum absolute atomic E-state index is 9.16. The molecule has 0 spiro atoms. The zero-order valence-electron chi connectivity index (χ0n) is 9.48. The highest BCUT2D eigenvalue weighted by molar-refractivity contribution is 5.26. The van der Waals surface area contributed by atoms with Gasteiger partial charge in [-0.1, -0.05) is 12.1 Å². The Morgan fingerprint density at radius 3 is 2.47 bits per heavy atom. The molecule has 0 aliphatic heterocycles. The van der Waals surface area contributed by atoms with Crippen molar-refractivity contribution in [1.29, 1.82) is 0 Å². The summed E-state index contributed by atoms with van der Waals surface area (Å²) < 4.78 is 0. The summed E-state index contributed by atoms with van der Waals surface area (Å²) in [5.74, 6) is 0.321. The van der Waals surface area contributed by atoms with Crippen LogP contribution in [0.4, 0.5) is 0 Å². The van der Waals surface area contributed by atoms with Crippen LogP contribution < -0.4 is 5.73 Å². The molecule has 3 N–H and O–H groups in total. The van der Waals surface area contributed by atoms with Gasteiger partial charge < -0.3 is 15.7 Å².